The fourth-order valence-corrected chi connectivity index (χ4v) is 4.40. The van der Waals surface area contributed by atoms with Crippen molar-refractivity contribution in [2.24, 2.45) is 5.10 Å². The second-order valence-electron chi connectivity index (χ2n) is 8.47. The van der Waals surface area contributed by atoms with Crippen LogP contribution in [0, 0.1) is 6.92 Å². The van der Waals surface area contributed by atoms with Gasteiger partial charge in [-0.05, 0) is 49.3 Å². The molecule has 2 aromatic carbocycles. The molecule has 1 saturated carbocycles. The van der Waals surface area contributed by atoms with Crippen LogP contribution in [0.4, 0.5) is 0 Å². The highest BCUT2D eigenvalue weighted by atomic mass is 16.2. The first kappa shape index (κ1) is 20.4. The topological polar surface area (TPSA) is 32.7 Å². The number of amides is 1. The summed E-state index contributed by atoms with van der Waals surface area (Å²) in [5.41, 5.74) is 10.9. The van der Waals surface area contributed by atoms with Gasteiger partial charge in [-0.15, -0.1) is 5.73 Å². The smallest absolute Gasteiger partial charge is 0.239 e. The quantitative estimate of drug-likeness (QED) is 0.558. The van der Waals surface area contributed by atoms with Gasteiger partial charge in [-0.25, -0.2) is 5.01 Å². The number of aryl methyl sites for hydroxylation is 1. The summed E-state index contributed by atoms with van der Waals surface area (Å²) in [6.45, 7) is 3.70. The van der Waals surface area contributed by atoms with Crippen LogP contribution in [0.25, 0.3) is 5.57 Å². The number of carbonyl (C=O) groups excluding carboxylic acids is 1. The van der Waals surface area contributed by atoms with Crippen LogP contribution in [0.2, 0.25) is 0 Å². The van der Waals surface area contributed by atoms with E-state index in [1.54, 1.807) is 11.9 Å². The van der Waals surface area contributed by atoms with Crippen LogP contribution >= 0.6 is 0 Å². The van der Waals surface area contributed by atoms with Crippen molar-refractivity contribution in [2.45, 2.75) is 64.8 Å². The molecule has 0 saturated heterocycles. The molecule has 2 aliphatic rings. The van der Waals surface area contributed by atoms with Gasteiger partial charge in [0.25, 0.3) is 0 Å². The predicted molar refractivity (Wildman–Crippen MR) is 123 cm³/mol. The lowest BCUT2D eigenvalue weighted by Crippen LogP contribution is -2.31. The molecule has 0 spiro atoms. The van der Waals surface area contributed by atoms with Crippen molar-refractivity contribution in [2.75, 3.05) is 0 Å². The van der Waals surface area contributed by atoms with Crippen molar-refractivity contribution in [3.05, 3.63) is 82.6 Å². The van der Waals surface area contributed by atoms with Crippen LogP contribution in [0.1, 0.15) is 68.6 Å². The summed E-state index contributed by atoms with van der Waals surface area (Å²) in [5.74, 6) is -0.000146. The van der Waals surface area contributed by atoms with E-state index in [9.17, 15) is 4.79 Å². The first-order valence-corrected chi connectivity index (χ1v) is 11.1. The van der Waals surface area contributed by atoms with E-state index in [0.29, 0.717) is 0 Å². The van der Waals surface area contributed by atoms with E-state index in [-0.39, 0.29) is 11.9 Å². The molecule has 3 heteroatoms. The van der Waals surface area contributed by atoms with Crippen LogP contribution < -0.4 is 0 Å². The first-order valence-electron chi connectivity index (χ1n) is 11.1. The highest BCUT2D eigenvalue weighted by molar-refractivity contribution is 6.03. The summed E-state index contributed by atoms with van der Waals surface area (Å²) >= 11 is 0. The zero-order valence-electron chi connectivity index (χ0n) is 18.0. The maximum absolute atomic E-state index is 12.4. The average molecular weight is 399 g/mol. The minimum absolute atomic E-state index is 0.000146. The SMILES string of the molecule is CC(=O)N1N=C(c2ccc(C)cc2)C[C@@H]1CC(=C=C1CCCCC1)c1ccccc1. The van der Waals surface area contributed by atoms with Crippen molar-refractivity contribution in [1.82, 2.24) is 5.01 Å². The Hall–Kier alpha value is -2.90. The summed E-state index contributed by atoms with van der Waals surface area (Å²) in [6, 6.07) is 19.0. The Morgan fingerprint density at radius 3 is 2.40 bits per heavy atom. The largest absolute Gasteiger partial charge is 0.273 e. The molecular weight excluding hydrogens is 368 g/mol. The van der Waals surface area contributed by atoms with Gasteiger partial charge in [-0.2, -0.15) is 5.10 Å². The van der Waals surface area contributed by atoms with Crippen molar-refractivity contribution in [3.8, 4) is 0 Å². The molecule has 0 radical (unpaired) electrons. The third-order valence-electron chi connectivity index (χ3n) is 6.06. The monoisotopic (exact) mass is 398 g/mol. The summed E-state index contributed by atoms with van der Waals surface area (Å²) in [5, 5.41) is 6.40. The molecule has 2 aromatic rings. The molecule has 1 aliphatic carbocycles. The Morgan fingerprint density at radius 1 is 1.03 bits per heavy atom. The number of nitrogens with zero attached hydrogens (tertiary/aromatic N) is 2. The van der Waals surface area contributed by atoms with Crippen LogP contribution in [-0.4, -0.2) is 22.7 Å². The van der Waals surface area contributed by atoms with Gasteiger partial charge in [0, 0.05) is 25.3 Å². The van der Waals surface area contributed by atoms with Crippen LogP contribution in [-0.2, 0) is 4.79 Å². The molecule has 154 valence electrons. The Kier molecular flexibility index (Phi) is 6.30. The standard InChI is InChI=1S/C27H30N2O/c1-20-13-15-24(16-14-20)27-19-26(29(28-27)21(2)30)18-25(23-11-7-4-8-12-23)17-22-9-5-3-6-10-22/h4,7-8,11-16,26H,3,5-6,9-10,18-19H2,1-2H3/t26-/m0/s1. The van der Waals surface area contributed by atoms with Gasteiger partial charge < -0.3 is 0 Å². The average Bonchev–Trinajstić information content (AvgIpc) is 3.19. The summed E-state index contributed by atoms with van der Waals surface area (Å²) < 4.78 is 0. The molecule has 1 atom stereocenters. The van der Waals surface area contributed by atoms with E-state index in [1.165, 1.54) is 41.5 Å². The number of hydrogen-bond acceptors (Lipinski definition) is 2. The molecule has 1 heterocycles. The lowest BCUT2D eigenvalue weighted by molar-refractivity contribution is -0.130. The van der Waals surface area contributed by atoms with Gasteiger partial charge in [0.1, 0.15) is 0 Å². The Labute approximate surface area is 179 Å². The van der Waals surface area contributed by atoms with E-state index in [2.05, 4.69) is 61.2 Å². The molecule has 3 nitrogen and oxygen atoms in total. The third-order valence-corrected chi connectivity index (χ3v) is 6.06. The second kappa shape index (κ2) is 9.28. The number of hydrazone groups is 1. The van der Waals surface area contributed by atoms with E-state index >= 15 is 0 Å². The van der Waals surface area contributed by atoms with E-state index in [0.717, 1.165) is 37.0 Å². The van der Waals surface area contributed by atoms with E-state index in [4.69, 9.17) is 5.10 Å². The first-order chi connectivity index (χ1) is 14.6. The second-order valence-corrected chi connectivity index (χ2v) is 8.47. The third kappa shape index (κ3) is 4.80. The number of hydrogen-bond donors (Lipinski definition) is 0. The summed E-state index contributed by atoms with van der Waals surface area (Å²) in [4.78, 5) is 12.4. The lowest BCUT2D eigenvalue weighted by atomic mass is 9.91. The molecule has 0 unspecified atom stereocenters. The number of carbonyl (C=O) groups is 1. The van der Waals surface area contributed by atoms with Crippen molar-refractivity contribution < 1.29 is 4.79 Å². The van der Waals surface area contributed by atoms with Gasteiger partial charge in [0.05, 0.1) is 11.8 Å². The Morgan fingerprint density at radius 2 is 1.73 bits per heavy atom. The fraction of sp³-hybridized carbons (Fsp3) is 0.370. The van der Waals surface area contributed by atoms with Crippen LogP contribution in [0.15, 0.2) is 71.0 Å². The summed E-state index contributed by atoms with van der Waals surface area (Å²) in [7, 11) is 0. The molecule has 4 rings (SSSR count). The van der Waals surface area contributed by atoms with Gasteiger partial charge in [0.2, 0.25) is 5.91 Å². The van der Waals surface area contributed by atoms with Crippen molar-refractivity contribution >= 4 is 17.2 Å². The molecule has 0 aromatic heterocycles. The molecule has 1 fully saturated rings. The highest BCUT2D eigenvalue weighted by Crippen LogP contribution is 2.31. The van der Waals surface area contributed by atoms with Gasteiger partial charge in [0.15, 0.2) is 0 Å². The zero-order valence-corrected chi connectivity index (χ0v) is 18.0. The van der Waals surface area contributed by atoms with Crippen LogP contribution in [0.5, 0.6) is 0 Å². The maximum atomic E-state index is 12.4. The number of benzene rings is 2. The van der Waals surface area contributed by atoms with Gasteiger partial charge in [-0.1, -0.05) is 66.6 Å². The molecular formula is C27H30N2O. The molecule has 0 N–H and O–H groups in total. The van der Waals surface area contributed by atoms with Crippen LogP contribution in [0.3, 0.4) is 0 Å². The lowest BCUT2D eigenvalue weighted by Gasteiger charge is -2.21. The Bertz CT molecular complexity index is 987. The van der Waals surface area contributed by atoms with E-state index < -0.39 is 0 Å². The van der Waals surface area contributed by atoms with Crippen molar-refractivity contribution in [1.29, 1.82) is 0 Å². The normalized spacial score (nSPS) is 18.7. The number of rotatable bonds is 4. The fourth-order valence-electron chi connectivity index (χ4n) is 4.40. The predicted octanol–water partition coefficient (Wildman–Crippen LogP) is 6.28. The van der Waals surface area contributed by atoms with Gasteiger partial charge in [-0.3, -0.25) is 4.79 Å². The molecule has 30 heavy (non-hydrogen) atoms. The highest BCUT2D eigenvalue weighted by Gasteiger charge is 2.31. The Balaban J connectivity index is 1.64. The minimum atomic E-state index is -0.000146. The molecule has 0 bridgehead atoms. The summed E-state index contributed by atoms with van der Waals surface area (Å²) in [6.07, 6.45) is 7.66. The molecule has 1 aliphatic heterocycles. The zero-order chi connectivity index (χ0) is 20.9. The van der Waals surface area contributed by atoms with Crippen molar-refractivity contribution in [3.63, 3.8) is 0 Å². The van der Waals surface area contributed by atoms with Gasteiger partial charge >= 0.3 is 0 Å². The minimum Gasteiger partial charge on any atom is -0.273 e. The maximum Gasteiger partial charge on any atom is 0.239 e. The molecule has 1 amide bonds. The van der Waals surface area contributed by atoms with E-state index in [1.807, 2.05) is 6.07 Å².